The standard InChI is InChI=1S/C24H31N5O4/c1-24(2,3)33-23(31)29-14-11-20(16-29)32-19-8-6-18(7-9-19)26-22(30)17-10-13-28(15-17)21-5-4-12-25-27-21/h4-9,12,17,20H,10-11,13-16H2,1-3H3,(H,26,30)/t17-,20-/m0/s1. The van der Waals surface area contributed by atoms with Crippen LogP contribution in [0.1, 0.15) is 33.6 Å². The van der Waals surface area contributed by atoms with E-state index in [2.05, 4.69) is 20.4 Å². The summed E-state index contributed by atoms with van der Waals surface area (Å²) in [6.45, 7) is 8.09. The SMILES string of the molecule is CC(C)(C)OC(=O)N1CC[C@H](Oc2ccc(NC(=O)[C@H]3CCN(c4cccnn4)C3)cc2)C1. The Labute approximate surface area is 194 Å². The Morgan fingerprint density at radius 3 is 2.55 bits per heavy atom. The summed E-state index contributed by atoms with van der Waals surface area (Å²) < 4.78 is 11.5. The molecular weight excluding hydrogens is 422 g/mol. The maximum atomic E-state index is 12.7. The van der Waals surface area contributed by atoms with Crippen LogP contribution in [0.3, 0.4) is 0 Å². The fourth-order valence-corrected chi connectivity index (χ4v) is 4.01. The van der Waals surface area contributed by atoms with Crippen LogP contribution in [0.2, 0.25) is 0 Å². The maximum Gasteiger partial charge on any atom is 0.410 e. The summed E-state index contributed by atoms with van der Waals surface area (Å²) in [5, 5.41) is 11.0. The number of nitrogens with one attached hydrogen (secondary N) is 1. The third-order valence-corrected chi connectivity index (χ3v) is 5.66. The summed E-state index contributed by atoms with van der Waals surface area (Å²) in [6, 6.07) is 11.1. The van der Waals surface area contributed by atoms with Gasteiger partial charge in [0.25, 0.3) is 0 Å². The molecular formula is C24H31N5O4. The molecule has 2 amide bonds. The van der Waals surface area contributed by atoms with Gasteiger partial charge in [-0.3, -0.25) is 4.79 Å². The molecule has 1 N–H and O–H groups in total. The minimum absolute atomic E-state index is 0.00106. The molecule has 0 bridgehead atoms. The highest BCUT2D eigenvalue weighted by Crippen LogP contribution is 2.25. The number of carbonyl (C=O) groups excluding carboxylic acids is 2. The molecule has 2 aliphatic rings. The van der Waals surface area contributed by atoms with Gasteiger partial charge in [0, 0.05) is 37.9 Å². The fraction of sp³-hybridized carbons (Fsp3) is 0.500. The quantitative estimate of drug-likeness (QED) is 0.742. The monoisotopic (exact) mass is 453 g/mol. The van der Waals surface area contributed by atoms with Crippen molar-refractivity contribution in [2.75, 3.05) is 36.4 Å². The normalized spacial score (nSPS) is 20.6. The van der Waals surface area contributed by atoms with Crippen molar-refractivity contribution < 1.29 is 19.1 Å². The molecule has 3 heterocycles. The molecule has 9 nitrogen and oxygen atoms in total. The minimum Gasteiger partial charge on any atom is -0.489 e. The lowest BCUT2D eigenvalue weighted by molar-refractivity contribution is -0.119. The molecule has 0 unspecified atom stereocenters. The Balaban J connectivity index is 1.24. The van der Waals surface area contributed by atoms with E-state index in [1.165, 1.54) is 0 Å². The molecule has 1 aromatic heterocycles. The predicted octanol–water partition coefficient (Wildman–Crippen LogP) is 3.33. The lowest BCUT2D eigenvalue weighted by Crippen LogP contribution is -2.36. The highest BCUT2D eigenvalue weighted by molar-refractivity contribution is 5.93. The van der Waals surface area contributed by atoms with Crippen LogP contribution in [0.5, 0.6) is 5.75 Å². The van der Waals surface area contributed by atoms with E-state index in [1.54, 1.807) is 11.1 Å². The van der Waals surface area contributed by atoms with Gasteiger partial charge in [-0.15, -0.1) is 5.10 Å². The van der Waals surface area contributed by atoms with E-state index < -0.39 is 5.60 Å². The third-order valence-electron chi connectivity index (χ3n) is 5.66. The molecule has 1 aromatic carbocycles. The molecule has 33 heavy (non-hydrogen) atoms. The zero-order valence-electron chi connectivity index (χ0n) is 19.4. The summed E-state index contributed by atoms with van der Waals surface area (Å²) in [7, 11) is 0. The summed E-state index contributed by atoms with van der Waals surface area (Å²) in [5.41, 5.74) is 0.218. The lowest BCUT2D eigenvalue weighted by atomic mass is 10.1. The molecule has 2 aromatic rings. The first-order valence-electron chi connectivity index (χ1n) is 11.3. The molecule has 0 spiro atoms. The van der Waals surface area contributed by atoms with Crippen LogP contribution in [0.4, 0.5) is 16.3 Å². The van der Waals surface area contributed by atoms with Crippen molar-refractivity contribution in [3.05, 3.63) is 42.6 Å². The van der Waals surface area contributed by atoms with E-state index >= 15 is 0 Å². The molecule has 2 saturated heterocycles. The molecule has 2 atom stereocenters. The number of ether oxygens (including phenoxy) is 2. The van der Waals surface area contributed by atoms with Crippen molar-refractivity contribution in [1.82, 2.24) is 15.1 Å². The van der Waals surface area contributed by atoms with E-state index in [-0.39, 0.29) is 24.0 Å². The highest BCUT2D eigenvalue weighted by atomic mass is 16.6. The van der Waals surface area contributed by atoms with Crippen molar-refractivity contribution in [3.63, 3.8) is 0 Å². The smallest absolute Gasteiger partial charge is 0.410 e. The first kappa shape index (κ1) is 22.8. The molecule has 176 valence electrons. The summed E-state index contributed by atoms with van der Waals surface area (Å²) >= 11 is 0. The number of anilines is 2. The first-order valence-corrected chi connectivity index (χ1v) is 11.3. The van der Waals surface area contributed by atoms with Crippen molar-refractivity contribution in [1.29, 1.82) is 0 Å². The topological polar surface area (TPSA) is 96.9 Å². The zero-order valence-corrected chi connectivity index (χ0v) is 19.4. The van der Waals surface area contributed by atoms with Crippen LogP contribution in [0.25, 0.3) is 0 Å². The second-order valence-electron chi connectivity index (χ2n) is 9.48. The predicted molar refractivity (Wildman–Crippen MR) is 124 cm³/mol. The highest BCUT2D eigenvalue weighted by Gasteiger charge is 2.31. The summed E-state index contributed by atoms with van der Waals surface area (Å²) in [4.78, 5) is 28.7. The average molecular weight is 454 g/mol. The molecule has 9 heteroatoms. The van der Waals surface area contributed by atoms with E-state index in [0.717, 1.165) is 30.9 Å². The van der Waals surface area contributed by atoms with Crippen LogP contribution < -0.4 is 15.0 Å². The number of carbonyl (C=O) groups is 2. The number of hydrogen-bond donors (Lipinski definition) is 1. The van der Waals surface area contributed by atoms with Gasteiger partial charge >= 0.3 is 6.09 Å². The number of nitrogens with zero attached hydrogens (tertiary/aromatic N) is 4. The molecule has 2 fully saturated rings. The Bertz CT molecular complexity index is 961. The number of amides is 2. The van der Waals surface area contributed by atoms with E-state index in [4.69, 9.17) is 9.47 Å². The van der Waals surface area contributed by atoms with Gasteiger partial charge in [-0.1, -0.05) is 0 Å². The second-order valence-corrected chi connectivity index (χ2v) is 9.48. The van der Waals surface area contributed by atoms with Crippen molar-refractivity contribution >= 4 is 23.5 Å². The number of aromatic nitrogens is 2. The van der Waals surface area contributed by atoms with Crippen LogP contribution >= 0.6 is 0 Å². The van der Waals surface area contributed by atoms with Crippen LogP contribution in [-0.2, 0) is 9.53 Å². The van der Waals surface area contributed by atoms with E-state index in [0.29, 0.717) is 25.4 Å². The molecule has 0 radical (unpaired) electrons. The van der Waals surface area contributed by atoms with Gasteiger partial charge in [0.2, 0.25) is 5.91 Å². The Morgan fingerprint density at radius 2 is 1.85 bits per heavy atom. The number of rotatable bonds is 5. The first-order chi connectivity index (χ1) is 15.8. The summed E-state index contributed by atoms with van der Waals surface area (Å²) in [6.07, 6.45) is 2.78. The van der Waals surface area contributed by atoms with Crippen molar-refractivity contribution in [3.8, 4) is 5.75 Å². The van der Waals surface area contributed by atoms with Gasteiger partial charge in [-0.25, -0.2) is 4.79 Å². The molecule has 0 saturated carbocycles. The zero-order chi connectivity index (χ0) is 23.4. The number of hydrogen-bond acceptors (Lipinski definition) is 7. The molecule has 2 aliphatic heterocycles. The van der Waals surface area contributed by atoms with Crippen LogP contribution in [0, 0.1) is 5.92 Å². The lowest BCUT2D eigenvalue weighted by Gasteiger charge is -2.24. The van der Waals surface area contributed by atoms with Crippen LogP contribution in [0.15, 0.2) is 42.6 Å². The van der Waals surface area contributed by atoms with Gasteiger partial charge in [-0.2, -0.15) is 5.10 Å². The Hall–Kier alpha value is -3.36. The van der Waals surface area contributed by atoms with Gasteiger partial charge in [0.15, 0.2) is 5.82 Å². The molecule has 4 rings (SSSR count). The fourth-order valence-electron chi connectivity index (χ4n) is 4.01. The third kappa shape index (κ3) is 6.12. The van der Waals surface area contributed by atoms with Gasteiger partial charge in [0.05, 0.1) is 12.5 Å². The number of benzene rings is 1. The molecule has 0 aliphatic carbocycles. The van der Waals surface area contributed by atoms with Gasteiger partial charge < -0.3 is 24.6 Å². The average Bonchev–Trinajstić information content (AvgIpc) is 3.45. The second kappa shape index (κ2) is 9.64. The van der Waals surface area contributed by atoms with Crippen molar-refractivity contribution in [2.24, 2.45) is 5.92 Å². The minimum atomic E-state index is -0.511. The van der Waals surface area contributed by atoms with E-state index in [9.17, 15) is 9.59 Å². The van der Waals surface area contributed by atoms with Crippen LogP contribution in [-0.4, -0.2) is 65.0 Å². The van der Waals surface area contributed by atoms with Gasteiger partial charge in [-0.05, 0) is 63.6 Å². The largest absolute Gasteiger partial charge is 0.489 e. The van der Waals surface area contributed by atoms with E-state index in [1.807, 2.05) is 57.2 Å². The Kier molecular flexibility index (Phi) is 6.67. The maximum absolute atomic E-state index is 12.7. The number of likely N-dealkylation sites (tertiary alicyclic amines) is 1. The summed E-state index contributed by atoms with van der Waals surface area (Å²) in [5.74, 6) is 1.41. The van der Waals surface area contributed by atoms with Gasteiger partial charge in [0.1, 0.15) is 17.5 Å². The Morgan fingerprint density at radius 1 is 1.06 bits per heavy atom. The van der Waals surface area contributed by atoms with Crippen molar-refractivity contribution in [2.45, 2.75) is 45.3 Å².